The van der Waals surface area contributed by atoms with E-state index in [2.05, 4.69) is 21.0 Å². The molecule has 1 unspecified atom stereocenters. The maximum atomic E-state index is 13.8. The van der Waals surface area contributed by atoms with Crippen LogP contribution in [0, 0.1) is 11.3 Å². The van der Waals surface area contributed by atoms with E-state index in [1.54, 1.807) is 23.1 Å². The summed E-state index contributed by atoms with van der Waals surface area (Å²) in [5.41, 5.74) is 7.49. The van der Waals surface area contributed by atoms with Crippen LogP contribution >= 0.6 is 11.6 Å². The lowest BCUT2D eigenvalue weighted by atomic mass is 10.0. The van der Waals surface area contributed by atoms with E-state index in [1.165, 1.54) is 12.4 Å². The maximum Gasteiger partial charge on any atom is 0.266 e. The number of hydrogen-bond acceptors (Lipinski definition) is 6. The Morgan fingerprint density at radius 2 is 2.07 bits per heavy atom. The second kappa shape index (κ2) is 6.96. The van der Waals surface area contributed by atoms with Crippen LogP contribution in [0.25, 0.3) is 11.0 Å². The molecule has 1 aromatic carbocycles. The van der Waals surface area contributed by atoms with Gasteiger partial charge in [0.1, 0.15) is 5.82 Å². The number of anilines is 1. The number of hydrogen-bond donors (Lipinski definition) is 1. The first-order valence-electron chi connectivity index (χ1n) is 8.62. The first-order valence-corrected chi connectivity index (χ1v) is 9.00. The van der Waals surface area contributed by atoms with Crippen LogP contribution < -0.4 is 10.6 Å². The van der Waals surface area contributed by atoms with Gasteiger partial charge in [-0.2, -0.15) is 5.26 Å². The van der Waals surface area contributed by atoms with Crippen molar-refractivity contribution in [2.75, 3.05) is 18.0 Å². The molecule has 0 amide bonds. The number of alkyl halides is 2. The van der Waals surface area contributed by atoms with Gasteiger partial charge < -0.3 is 15.2 Å². The van der Waals surface area contributed by atoms with Crippen molar-refractivity contribution in [1.29, 1.82) is 5.26 Å². The summed E-state index contributed by atoms with van der Waals surface area (Å²) in [6, 6.07) is 5.92. The van der Waals surface area contributed by atoms with Crippen molar-refractivity contribution in [3.8, 4) is 6.07 Å². The van der Waals surface area contributed by atoms with E-state index in [4.69, 9.17) is 22.6 Å². The summed E-state index contributed by atoms with van der Waals surface area (Å²) in [5.74, 6) is -1.91. The van der Waals surface area contributed by atoms with Gasteiger partial charge in [-0.05, 0) is 18.2 Å². The molecule has 0 spiro atoms. The Morgan fingerprint density at radius 1 is 1.32 bits per heavy atom. The smallest absolute Gasteiger partial charge is 0.266 e. The molecule has 0 radical (unpaired) electrons. The van der Waals surface area contributed by atoms with Gasteiger partial charge in [-0.3, -0.25) is 0 Å². The lowest BCUT2D eigenvalue weighted by molar-refractivity contribution is -0.0395. The van der Waals surface area contributed by atoms with Gasteiger partial charge in [-0.25, -0.2) is 23.7 Å². The quantitative estimate of drug-likeness (QED) is 0.722. The third-order valence-electron chi connectivity index (χ3n) is 4.79. The van der Waals surface area contributed by atoms with Crippen LogP contribution in [0.15, 0.2) is 30.6 Å². The van der Waals surface area contributed by atoms with Gasteiger partial charge in [-0.15, -0.1) is 0 Å². The third kappa shape index (κ3) is 3.37. The van der Waals surface area contributed by atoms with Crippen molar-refractivity contribution in [2.24, 2.45) is 5.73 Å². The molecule has 0 saturated carbocycles. The largest absolute Gasteiger partial charge is 0.340 e. The molecule has 7 nitrogen and oxygen atoms in total. The number of aromatic nitrogens is 4. The standard InChI is InChI=1S/C18H16ClF2N7/c19-12-7-24-16(25-8-12)10-28-14-2-1-11(6-22)5-13(14)26-17(28)27-4-3-18(20,21)15(23)9-27/h1-2,5,7-8,15H,3-4,9-10,23H2. The monoisotopic (exact) mass is 403 g/mol. The van der Waals surface area contributed by atoms with E-state index < -0.39 is 12.0 Å². The van der Waals surface area contributed by atoms with Gasteiger partial charge in [0.05, 0.1) is 40.3 Å². The average molecular weight is 404 g/mol. The van der Waals surface area contributed by atoms with E-state index in [0.29, 0.717) is 27.9 Å². The molecule has 4 rings (SSSR count). The number of fused-ring (bicyclic) bond motifs is 1. The summed E-state index contributed by atoms with van der Waals surface area (Å²) in [6.45, 7) is 0.372. The van der Waals surface area contributed by atoms with Gasteiger partial charge in [0.15, 0.2) is 0 Å². The van der Waals surface area contributed by atoms with Crippen LogP contribution in [-0.2, 0) is 6.54 Å². The molecule has 1 atom stereocenters. The molecule has 2 N–H and O–H groups in total. The summed E-state index contributed by atoms with van der Waals surface area (Å²) in [6.07, 6.45) is 2.64. The van der Waals surface area contributed by atoms with Gasteiger partial charge in [0, 0.05) is 31.9 Å². The Bertz CT molecular complexity index is 1060. The van der Waals surface area contributed by atoms with Gasteiger partial charge in [-0.1, -0.05) is 11.6 Å². The minimum Gasteiger partial charge on any atom is -0.340 e. The van der Waals surface area contributed by atoms with Gasteiger partial charge in [0.25, 0.3) is 5.92 Å². The summed E-state index contributed by atoms with van der Waals surface area (Å²) < 4.78 is 29.5. The Balaban J connectivity index is 1.78. The highest BCUT2D eigenvalue weighted by Gasteiger charge is 2.42. The normalized spacial score (nSPS) is 19.0. The predicted octanol–water partition coefficient (Wildman–Crippen LogP) is 2.57. The van der Waals surface area contributed by atoms with E-state index >= 15 is 0 Å². The second-order valence-electron chi connectivity index (χ2n) is 6.69. The Hall–Kier alpha value is -2.83. The topological polar surface area (TPSA) is 96.7 Å². The highest BCUT2D eigenvalue weighted by atomic mass is 35.5. The molecule has 0 aliphatic carbocycles. The molecule has 10 heteroatoms. The lowest BCUT2D eigenvalue weighted by Crippen LogP contribution is -2.55. The fourth-order valence-corrected chi connectivity index (χ4v) is 3.36. The first kappa shape index (κ1) is 18.5. The summed E-state index contributed by atoms with van der Waals surface area (Å²) in [5, 5.41) is 9.57. The molecule has 28 heavy (non-hydrogen) atoms. The average Bonchev–Trinajstić information content (AvgIpc) is 3.03. The molecule has 1 aliphatic rings. The van der Waals surface area contributed by atoms with Crippen molar-refractivity contribution < 1.29 is 8.78 Å². The highest BCUT2D eigenvalue weighted by molar-refractivity contribution is 6.30. The van der Waals surface area contributed by atoms with Crippen molar-refractivity contribution >= 4 is 28.6 Å². The first-order chi connectivity index (χ1) is 13.4. The number of rotatable bonds is 3. The summed E-state index contributed by atoms with van der Waals surface area (Å²) in [4.78, 5) is 14.8. The summed E-state index contributed by atoms with van der Waals surface area (Å²) in [7, 11) is 0. The lowest BCUT2D eigenvalue weighted by Gasteiger charge is -2.37. The molecule has 1 aliphatic heterocycles. The number of halogens is 3. The number of imidazole rings is 1. The molecule has 0 bridgehead atoms. The molecular formula is C18H16ClF2N7. The zero-order valence-electron chi connectivity index (χ0n) is 14.7. The highest BCUT2D eigenvalue weighted by Crippen LogP contribution is 2.31. The molecule has 2 aromatic heterocycles. The number of nitrogens with two attached hydrogens (primary N) is 1. The Morgan fingerprint density at radius 3 is 2.75 bits per heavy atom. The van der Waals surface area contributed by atoms with Crippen LogP contribution in [0.2, 0.25) is 5.02 Å². The zero-order chi connectivity index (χ0) is 19.9. The third-order valence-corrected chi connectivity index (χ3v) is 4.98. The minimum absolute atomic E-state index is 0.0249. The maximum absolute atomic E-state index is 13.8. The minimum atomic E-state index is -2.90. The van der Waals surface area contributed by atoms with Crippen LogP contribution in [0.5, 0.6) is 0 Å². The zero-order valence-corrected chi connectivity index (χ0v) is 15.4. The number of nitriles is 1. The van der Waals surface area contributed by atoms with Crippen molar-refractivity contribution in [3.05, 3.63) is 47.0 Å². The Kier molecular flexibility index (Phi) is 4.61. The number of nitrogens with zero attached hydrogens (tertiary/aromatic N) is 6. The van der Waals surface area contributed by atoms with E-state index in [1.807, 2.05) is 4.57 Å². The fraction of sp³-hybridized carbons (Fsp3) is 0.333. The van der Waals surface area contributed by atoms with E-state index in [0.717, 1.165) is 5.52 Å². The molecule has 1 saturated heterocycles. The molecule has 144 valence electrons. The van der Waals surface area contributed by atoms with Crippen LogP contribution in [0.1, 0.15) is 17.8 Å². The Labute approximate surface area is 164 Å². The van der Waals surface area contributed by atoms with Gasteiger partial charge in [0.2, 0.25) is 5.95 Å². The fourth-order valence-electron chi connectivity index (χ4n) is 3.26. The van der Waals surface area contributed by atoms with Gasteiger partial charge >= 0.3 is 0 Å². The van der Waals surface area contributed by atoms with Crippen molar-refractivity contribution in [3.63, 3.8) is 0 Å². The van der Waals surface area contributed by atoms with E-state index in [9.17, 15) is 8.78 Å². The van der Waals surface area contributed by atoms with Crippen molar-refractivity contribution in [2.45, 2.75) is 24.9 Å². The number of piperidine rings is 1. The molecule has 1 fully saturated rings. The molecular weight excluding hydrogens is 388 g/mol. The van der Waals surface area contributed by atoms with Crippen LogP contribution in [-0.4, -0.2) is 44.6 Å². The van der Waals surface area contributed by atoms with Crippen LogP contribution in [0.4, 0.5) is 14.7 Å². The van der Waals surface area contributed by atoms with E-state index in [-0.39, 0.29) is 26.1 Å². The molecule has 3 aromatic rings. The van der Waals surface area contributed by atoms with Crippen LogP contribution in [0.3, 0.4) is 0 Å². The molecule has 3 heterocycles. The second-order valence-corrected chi connectivity index (χ2v) is 7.13. The SMILES string of the molecule is N#Cc1ccc2c(c1)nc(N1CCC(F)(F)C(N)C1)n2Cc1ncc(Cl)cn1. The number of benzene rings is 1. The van der Waals surface area contributed by atoms with Crippen molar-refractivity contribution in [1.82, 2.24) is 19.5 Å². The predicted molar refractivity (Wildman–Crippen MR) is 100 cm³/mol. The summed E-state index contributed by atoms with van der Waals surface area (Å²) >= 11 is 5.85.